The molecule has 2 rings (SSSR count). The minimum Gasteiger partial charge on any atom is -0.309 e. The molecular formula is C13H15ClF3N3. The van der Waals surface area contributed by atoms with Gasteiger partial charge >= 0.3 is 6.18 Å². The van der Waals surface area contributed by atoms with E-state index < -0.39 is 18.6 Å². The summed E-state index contributed by atoms with van der Waals surface area (Å²) in [7, 11) is 0. The van der Waals surface area contributed by atoms with Crippen molar-refractivity contribution in [1.29, 1.82) is 0 Å². The molecular weight excluding hydrogens is 291 g/mol. The van der Waals surface area contributed by atoms with Crippen LogP contribution in [0.1, 0.15) is 30.8 Å². The smallest absolute Gasteiger partial charge is 0.309 e. The van der Waals surface area contributed by atoms with Crippen molar-refractivity contribution in [2.45, 2.75) is 38.9 Å². The lowest BCUT2D eigenvalue weighted by atomic mass is 10.2. The second-order valence-corrected chi connectivity index (χ2v) is 5.24. The number of pyridine rings is 1. The fourth-order valence-corrected chi connectivity index (χ4v) is 2.45. The average Bonchev–Trinajstić information content (AvgIpc) is 2.64. The van der Waals surface area contributed by atoms with E-state index in [9.17, 15) is 13.2 Å². The average molecular weight is 306 g/mol. The topological polar surface area (TPSA) is 30.7 Å². The third kappa shape index (κ3) is 3.23. The summed E-state index contributed by atoms with van der Waals surface area (Å²) in [6, 6.07) is 1.06. The Bertz CT molecular complexity index is 607. The summed E-state index contributed by atoms with van der Waals surface area (Å²) in [5.74, 6) is 0.853. The molecule has 0 amide bonds. The third-order valence-corrected chi connectivity index (χ3v) is 3.21. The quantitative estimate of drug-likeness (QED) is 0.798. The van der Waals surface area contributed by atoms with Gasteiger partial charge in [0.1, 0.15) is 11.3 Å². The van der Waals surface area contributed by atoms with Crippen LogP contribution in [0.4, 0.5) is 13.2 Å². The number of hydrogen-bond acceptors (Lipinski definition) is 2. The van der Waals surface area contributed by atoms with Gasteiger partial charge in [0.25, 0.3) is 0 Å². The Hall–Kier alpha value is -1.30. The van der Waals surface area contributed by atoms with Gasteiger partial charge in [-0.3, -0.25) is 0 Å². The molecule has 2 aromatic heterocycles. The van der Waals surface area contributed by atoms with E-state index in [1.165, 1.54) is 6.92 Å². The van der Waals surface area contributed by atoms with E-state index in [0.717, 1.165) is 5.56 Å². The number of fused-ring (bicyclic) bond motifs is 1. The van der Waals surface area contributed by atoms with Gasteiger partial charge in [-0.05, 0) is 25.5 Å². The molecule has 0 fully saturated rings. The Balaban J connectivity index is 2.50. The number of hydrogen-bond donors (Lipinski definition) is 0. The van der Waals surface area contributed by atoms with Crippen molar-refractivity contribution in [2.75, 3.05) is 5.88 Å². The first kappa shape index (κ1) is 15.1. The molecule has 20 heavy (non-hydrogen) atoms. The number of aromatic nitrogens is 3. The molecule has 0 N–H and O–H groups in total. The van der Waals surface area contributed by atoms with Crippen molar-refractivity contribution in [3.63, 3.8) is 0 Å². The molecule has 2 heterocycles. The van der Waals surface area contributed by atoms with Crippen molar-refractivity contribution < 1.29 is 13.2 Å². The van der Waals surface area contributed by atoms with E-state index in [2.05, 4.69) is 9.97 Å². The molecule has 0 radical (unpaired) electrons. The lowest BCUT2D eigenvalue weighted by Gasteiger charge is -2.18. The van der Waals surface area contributed by atoms with Gasteiger partial charge in [0.05, 0.1) is 6.42 Å². The number of aryl methyl sites for hydroxylation is 2. The number of alkyl halides is 4. The van der Waals surface area contributed by atoms with Gasteiger partial charge in [0, 0.05) is 24.5 Å². The zero-order chi connectivity index (χ0) is 14.9. The van der Waals surface area contributed by atoms with E-state index >= 15 is 0 Å². The minimum absolute atomic E-state index is 0.307. The lowest BCUT2D eigenvalue weighted by Crippen LogP contribution is -2.18. The Morgan fingerprint density at radius 1 is 1.40 bits per heavy atom. The summed E-state index contributed by atoms with van der Waals surface area (Å²) in [5, 5.41) is 0. The second-order valence-electron chi connectivity index (χ2n) is 4.86. The highest BCUT2D eigenvalue weighted by molar-refractivity contribution is 6.17. The Labute approximate surface area is 119 Å². The SMILES string of the molecule is Cc1cnc2c(c1)nc(CCCl)n2C(C)CC(F)(F)F. The summed E-state index contributed by atoms with van der Waals surface area (Å²) in [4.78, 5) is 8.59. The summed E-state index contributed by atoms with van der Waals surface area (Å²) < 4.78 is 39.3. The molecule has 0 aliphatic carbocycles. The molecule has 1 unspecified atom stereocenters. The highest BCUT2D eigenvalue weighted by atomic mass is 35.5. The van der Waals surface area contributed by atoms with Crippen molar-refractivity contribution in [3.05, 3.63) is 23.7 Å². The normalized spacial score (nSPS) is 13.9. The Kier molecular flexibility index (Phi) is 4.22. The van der Waals surface area contributed by atoms with Crippen molar-refractivity contribution >= 4 is 22.8 Å². The molecule has 2 aromatic rings. The summed E-state index contributed by atoms with van der Waals surface area (Å²) in [6.07, 6.45) is -3.09. The highest BCUT2D eigenvalue weighted by Gasteiger charge is 2.32. The zero-order valence-corrected chi connectivity index (χ0v) is 12.0. The maximum absolute atomic E-state index is 12.6. The van der Waals surface area contributed by atoms with E-state index in [0.29, 0.717) is 29.3 Å². The fraction of sp³-hybridized carbons (Fsp3) is 0.538. The molecule has 0 aromatic carbocycles. The molecule has 3 nitrogen and oxygen atoms in total. The van der Waals surface area contributed by atoms with Crippen LogP contribution in [0.3, 0.4) is 0 Å². The molecule has 0 aliphatic heterocycles. The van der Waals surface area contributed by atoms with Crippen molar-refractivity contribution in [2.24, 2.45) is 0 Å². The van der Waals surface area contributed by atoms with E-state index in [1.54, 1.807) is 10.8 Å². The first-order valence-corrected chi connectivity index (χ1v) is 6.81. The van der Waals surface area contributed by atoms with Crippen molar-refractivity contribution in [3.8, 4) is 0 Å². The zero-order valence-electron chi connectivity index (χ0n) is 11.2. The van der Waals surface area contributed by atoms with Crippen LogP contribution >= 0.6 is 11.6 Å². The minimum atomic E-state index is -4.22. The third-order valence-electron chi connectivity index (χ3n) is 3.03. The van der Waals surface area contributed by atoms with Crippen LogP contribution in [0.25, 0.3) is 11.2 Å². The first-order valence-electron chi connectivity index (χ1n) is 6.28. The van der Waals surface area contributed by atoms with Gasteiger partial charge in [0.2, 0.25) is 0 Å². The van der Waals surface area contributed by atoms with Crippen LogP contribution < -0.4 is 0 Å². The van der Waals surface area contributed by atoms with Gasteiger partial charge in [-0.2, -0.15) is 13.2 Å². The largest absolute Gasteiger partial charge is 0.391 e. The van der Waals surface area contributed by atoms with Crippen LogP contribution in [-0.4, -0.2) is 26.6 Å². The van der Waals surface area contributed by atoms with Gasteiger partial charge in [-0.15, -0.1) is 11.6 Å². The van der Waals surface area contributed by atoms with Gasteiger partial charge in [-0.25, -0.2) is 9.97 Å². The lowest BCUT2D eigenvalue weighted by molar-refractivity contribution is -0.141. The number of rotatable bonds is 4. The van der Waals surface area contributed by atoms with E-state index in [1.807, 2.05) is 13.0 Å². The molecule has 110 valence electrons. The highest BCUT2D eigenvalue weighted by Crippen LogP contribution is 2.30. The van der Waals surface area contributed by atoms with Gasteiger partial charge in [-0.1, -0.05) is 0 Å². The molecule has 0 aliphatic rings. The Morgan fingerprint density at radius 3 is 2.70 bits per heavy atom. The predicted molar refractivity (Wildman–Crippen MR) is 72.1 cm³/mol. The maximum atomic E-state index is 12.6. The predicted octanol–water partition coefficient (Wildman–Crippen LogP) is 4.03. The van der Waals surface area contributed by atoms with E-state index in [4.69, 9.17) is 11.6 Å². The van der Waals surface area contributed by atoms with Crippen LogP contribution in [0.2, 0.25) is 0 Å². The fourth-order valence-electron chi connectivity index (χ4n) is 2.28. The standard InChI is InChI=1S/C13H15ClF3N3/c1-8-5-10-12(18-7-8)20(11(19-10)3-4-14)9(2)6-13(15,16)17/h5,7,9H,3-4,6H2,1-2H3. The van der Waals surface area contributed by atoms with Crippen molar-refractivity contribution in [1.82, 2.24) is 14.5 Å². The molecule has 1 atom stereocenters. The molecule has 0 spiro atoms. The summed E-state index contributed by atoms with van der Waals surface area (Å²) >= 11 is 5.71. The van der Waals surface area contributed by atoms with Crippen LogP contribution in [0, 0.1) is 6.92 Å². The number of halogens is 4. The second kappa shape index (κ2) is 5.60. The molecule has 0 bridgehead atoms. The monoisotopic (exact) mass is 305 g/mol. The Morgan fingerprint density at radius 2 is 2.10 bits per heavy atom. The van der Waals surface area contributed by atoms with Crippen LogP contribution in [0.15, 0.2) is 12.3 Å². The maximum Gasteiger partial charge on any atom is 0.391 e. The molecule has 0 saturated carbocycles. The van der Waals surface area contributed by atoms with Gasteiger partial charge < -0.3 is 4.57 Å². The number of imidazole rings is 1. The number of nitrogens with zero attached hydrogens (tertiary/aromatic N) is 3. The molecule has 0 saturated heterocycles. The summed E-state index contributed by atoms with van der Waals surface area (Å²) in [6.45, 7) is 3.39. The van der Waals surface area contributed by atoms with Gasteiger partial charge in [0.15, 0.2) is 5.65 Å². The van der Waals surface area contributed by atoms with Crippen LogP contribution in [-0.2, 0) is 6.42 Å². The first-order chi connectivity index (χ1) is 9.31. The summed E-state index contributed by atoms with van der Waals surface area (Å²) in [5.41, 5.74) is 2.01. The molecule has 7 heteroatoms. The van der Waals surface area contributed by atoms with E-state index in [-0.39, 0.29) is 0 Å². The van der Waals surface area contributed by atoms with Crippen LogP contribution in [0.5, 0.6) is 0 Å².